The Morgan fingerprint density at radius 3 is 2.65 bits per heavy atom. The number of ether oxygens (including phenoxy) is 1. The van der Waals surface area contributed by atoms with Crippen molar-refractivity contribution in [3.8, 4) is 5.88 Å². The van der Waals surface area contributed by atoms with Gasteiger partial charge in [0, 0.05) is 24.9 Å². The van der Waals surface area contributed by atoms with E-state index in [4.69, 9.17) is 4.74 Å². The second-order valence-corrected chi connectivity index (χ2v) is 5.43. The third-order valence-corrected chi connectivity index (χ3v) is 3.71. The topological polar surface area (TPSA) is 47.0 Å². The Morgan fingerprint density at radius 1 is 1.35 bits per heavy atom. The lowest BCUT2D eigenvalue weighted by Gasteiger charge is -2.09. The van der Waals surface area contributed by atoms with Crippen LogP contribution in [0.3, 0.4) is 0 Å². The number of rotatable bonds is 5. The second kappa shape index (κ2) is 4.79. The van der Waals surface area contributed by atoms with Crippen molar-refractivity contribution in [2.45, 2.75) is 31.4 Å². The van der Waals surface area contributed by atoms with Gasteiger partial charge in [-0.15, -0.1) is 0 Å². The summed E-state index contributed by atoms with van der Waals surface area (Å²) < 4.78 is 42.7. The van der Waals surface area contributed by atoms with Crippen LogP contribution in [0.1, 0.15) is 31.0 Å². The molecule has 1 aromatic heterocycles. The highest BCUT2D eigenvalue weighted by Gasteiger charge is 2.55. The van der Waals surface area contributed by atoms with E-state index in [1.807, 2.05) is 0 Å². The number of hydrogen-bond acceptors (Lipinski definition) is 4. The zero-order valence-corrected chi connectivity index (χ0v) is 11.1. The summed E-state index contributed by atoms with van der Waals surface area (Å²) in [7, 11) is 1.74. The monoisotopic (exact) mass is 287 g/mol. The minimum absolute atomic E-state index is 0.0639. The maximum atomic E-state index is 12.4. The average molecular weight is 287 g/mol. The standard InChI is InChI=1S/C13H16F3N3O/c1-17-10-5-11(19-12(18-10)7-2-3-7)20-6-8-4-9(8)13(14,15)16/h5,7-9H,2-4,6H2,1H3,(H,17,18,19). The fourth-order valence-electron chi connectivity index (χ4n) is 2.19. The van der Waals surface area contributed by atoms with Crippen LogP contribution < -0.4 is 10.1 Å². The summed E-state index contributed by atoms with van der Waals surface area (Å²) in [5, 5.41) is 2.92. The fourth-order valence-corrected chi connectivity index (χ4v) is 2.19. The molecule has 0 aromatic carbocycles. The van der Waals surface area contributed by atoms with Gasteiger partial charge in [-0.1, -0.05) is 0 Å². The Labute approximate surface area is 114 Å². The molecule has 0 saturated heterocycles. The van der Waals surface area contributed by atoms with Crippen LogP contribution in [0.4, 0.5) is 19.0 Å². The molecule has 2 aliphatic rings. The van der Waals surface area contributed by atoms with Crippen LogP contribution in [0.5, 0.6) is 5.88 Å². The fraction of sp³-hybridized carbons (Fsp3) is 0.692. The molecule has 3 rings (SSSR count). The third kappa shape index (κ3) is 2.96. The van der Waals surface area contributed by atoms with Crippen LogP contribution in [0.2, 0.25) is 0 Å². The molecule has 0 bridgehead atoms. The molecule has 7 heteroatoms. The van der Waals surface area contributed by atoms with Crippen LogP contribution in [0.25, 0.3) is 0 Å². The molecule has 4 nitrogen and oxygen atoms in total. The maximum Gasteiger partial charge on any atom is 0.392 e. The number of halogens is 3. The molecule has 1 aromatic rings. The van der Waals surface area contributed by atoms with Gasteiger partial charge in [-0.3, -0.25) is 0 Å². The number of alkyl halides is 3. The van der Waals surface area contributed by atoms with Gasteiger partial charge in [0.25, 0.3) is 0 Å². The first-order valence-corrected chi connectivity index (χ1v) is 6.73. The van der Waals surface area contributed by atoms with E-state index < -0.39 is 18.0 Å². The van der Waals surface area contributed by atoms with Crippen molar-refractivity contribution < 1.29 is 17.9 Å². The highest BCUT2D eigenvalue weighted by molar-refractivity contribution is 5.38. The van der Waals surface area contributed by atoms with Crippen LogP contribution >= 0.6 is 0 Å². The van der Waals surface area contributed by atoms with E-state index in [-0.39, 0.29) is 13.0 Å². The smallest absolute Gasteiger partial charge is 0.392 e. The molecule has 2 fully saturated rings. The quantitative estimate of drug-likeness (QED) is 0.904. The molecule has 20 heavy (non-hydrogen) atoms. The summed E-state index contributed by atoms with van der Waals surface area (Å²) in [6, 6.07) is 1.62. The molecular formula is C13H16F3N3O. The summed E-state index contributed by atoms with van der Waals surface area (Å²) >= 11 is 0. The van der Waals surface area contributed by atoms with Crippen molar-refractivity contribution >= 4 is 5.82 Å². The zero-order valence-electron chi connectivity index (χ0n) is 11.1. The normalized spacial score (nSPS) is 25.4. The van der Waals surface area contributed by atoms with Gasteiger partial charge >= 0.3 is 6.18 Å². The Bertz CT molecular complexity index is 502. The van der Waals surface area contributed by atoms with E-state index in [0.29, 0.717) is 17.6 Å². The van der Waals surface area contributed by atoms with Gasteiger partial charge < -0.3 is 10.1 Å². The van der Waals surface area contributed by atoms with Crippen molar-refractivity contribution in [1.82, 2.24) is 9.97 Å². The summed E-state index contributed by atoms with van der Waals surface area (Å²) in [5.74, 6) is 0.437. The lowest BCUT2D eigenvalue weighted by Crippen LogP contribution is -2.14. The largest absolute Gasteiger partial charge is 0.477 e. The molecule has 0 aliphatic heterocycles. The van der Waals surface area contributed by atoms with Crippen molar-refractivity contribution in [3.05, 3.63) is 11.9 Å². The Hall–Kier alpha value is -1.53. The molecule has 0 amide bonds. The third-order valence-electron chi connectivity index (χ3n) is 3.71. The number of nitrogens with zero attached hydrogens (tertiary/aromatic N) is 2. The molecule has 1 heterocycles. The van der Waals surface area contributed by atoms with Gasteiger partial charge in [-0.05, 0) is 19.3 Å². The summed E-state index contributed by atoms with van der Waals surface area (Å²) in [4.78, 5) is 8.60. The molecule has 0 radical (unpaired) electrons. The lowest BCUT2D eigenvalue weighted by atomic mass is 10.3. The predicted molar refractivity (Wildman–Crippen MR) is 66.7 cm³/mol. The van der Waals surface area contributed by atoms with Gasteiger partial charge in [0.15, 0.2) is 0 Å². The van der Waals surface area contributed by atoms with Crippen molar-refractivity contribution in [1.29, 1.82) is 0 Å². The zero-order chi connectivity index (χ0) is 14.3. The average Bonchev–Trinajstić information content (AvgIpc) is 3.27. The lowest BCUT2D eigenvalue weighted by molar-refractivity contribution is -0.151. The molecule has 2 aliphatic carbocycles. The van der Waals surface area contributed by atoms with Gasteiger partial charge in [0.05, 0.1) is 12.5 Å². The van der Waals surface area contributed by atoms with Crippen LogP contribution in [0.15, 0.2) is 6.07 Å². The molecule has 110 valence electrons. The van der Waals surface area contributed by atoms with E-state index in [1.54, 1.807) is 13.1 Å². The van der Waals surface area contributed by atoms with E-state index in [0.717, 1.165) is 18.7 Å². The minimum atomic E-state index is -4.10. The Morgan fingerprint density at radius 2 is 2.10 bits per heavy atom. The first-order valence-electron chi connectivity index (χ1n) is 6.73. The first kappa shape index (κ1) is 13.5. The predicted octanol–water partition coefficient (Wildman–Crippen LogP) is 2.97. The van der Waals surface area contributed by atoms with Gasteiger partial charge in [0.2, 0.25) is 5.88 Å². The maximum absolute atomic E-state index is 12.4. The number of anilines is 1. The summed E-state index contributed by atoms with van der Waals surface area (Å²) in [5.41, 5.74) is 0. The van der Waals surface area contributed by atoms with E-state index in [9.17, 15) is 13.2 Å². The van der Waals surface area contributed by atoms with Crippen LogP contribution in [-0.4, -0.2) is 29.8 Å². The van der Waals surface area contributed by atoms with Gasteiger partial charge in [-0.2, -0.15) is 18.2 Å². The molecule has 1 N–H and O–H groups in total. The SMILES string of the molecule is CNc1cc(OCC2CC2C(F)(F)F)nc(C2CC2)n1. The number of hydrogen-bond donors (Lipinski definition) is 1. The highest BCUT2D eigenvalue weighted by Crippen LogP contribution is 2.50. The van der Waals surface area contributed by atoms with Gasteiger partial charge in [-0.25, -0.2) is 4.98 Å². The number of nitrogens with one attached hydrogen (secondary N) is 1. The van der Waals surface area contributed by atoms with Crippen molar-refractivity contribution in [2.24, 2.45) is 11.8 Å². The second-order valence-electron chi connectivity index (χ2n) is 5.43. The van der Waals surface area contributed by atoms with Crippen LogP contribution in [0, 0.1) is 11.8 Å². The van der Waals surface area contributed by atoms with Gasteiger partial charge in [0.1, 0.15) is 11.6 Å². The highest BCUT2D eigenvalue weighted by atomic mass is 19.4. The van der Waals surface area contributed by atoms with E-state index in [2.05, 4.69) is 15.3 Å². The number of aromatic nitrogens is 2. The minimum Gasteiger partial charge on any atom is -0.477 e. The molecular weight excluding hydrogens is 271 g/mol. The van der Waals surface area contributed by atoms with E-state index in [1.165, 1.54) is 0 Å². The van der Waals surface area contributed by atoms with Crippen molar-refractivity contribution in [3.63, 3.8) is 0 Å². The summed E-state index contributed by atoms with van der Waals surface area (Å²) in [6.45, 7) is 0.0639. The van der Waals surface area contributed by atoms with Crippen molar-refractivity contribution in [2.75, 3.05) is 19.0 Å². The molecule has 0 spiro atoms. The molecule has 2 saturated carbocycles. The Balaban J connectivity index is 1.61. The molecule has 2 unspecified atom stereocenters. The van der Waals surface area contributed by atoms with Crippen LogP contribution in [-0.2, 0) is 0 Å². The Kier molecular flexibility index (Phi) is 3.22. The summed E-state index contributed by atoms with van der Waals surface area (Å²) in [6.07, 6.45) is -1.82. The molecule has 2 atom stereocenters. The first-order chi connectivity index (χ1) is 9.47. The van der Waals surface area contributed by atoms with E-state index >= 15 is 0 Å².